The van der Waals surface area contributed by atoms with Crippen LogP contribution in [-0.4, -0.2) is 13.1 Å². The molecule has 0 fully saturated rings. The van der Waals surface area contributed by atoms with Crippen molar-refractivity contribution in [2.45, 2.75) is 52.1 Å². The van der Waals surface area contributed by atoms with Crippen LogP contribution in [0.2, 0.25) is 0 Å². The third-order valence-electron chi connectivity index (χ3n) is 5.59. The molecule has 0 bridgehead atoms. The topological polar surface area (TPSA) is 12.0 Å². The largest absolute Gasteiger partial charge is 0.416 e. The lowest BCUT2D eigenvalue weighted by molar-refractivity contribution is -0.138. The molecule has 0 atom stereocenters. The van der Waals surface area contributed by atoms with E-state index >= 15 is 0 Å². The molecule has 1 aliphatic heterocycles. The van der Waals surface area contributed by atoms with Gasteiger partial charge in [0.1, 0.15) is 0 Å². The van der Waals surface area contributed by atoms with Crippen molar-refractivity contribution in [3.05, 3.63) is 75.9 Å². The second-order valence-electron chi connectivity index (χ2n) is 7.32. The standard InChI is InChI=1S/C24H28F3N/c1-3-18-10-8-17(16-19(18)4-2)9-11-22-21(20-12-14-28-15-13-20)6-5-7-23(22)24(25,26)27/h5-8,10,12,16,28H,3-4,9,11,13-15H2,1-2H3. The Labute approximate surface area is 165 Å². The van der Waals surface area contributed by atoms with Gasteiger partial charge in [-0.25, -0.2) is 0 Å². The van der Waals surface area contributed by atoms with Gasteiger partial charge in [-0.1, -0.05) is 50.3 Å². The highest BCUT2D eigenvalue weighted by atomic mass is 19.4. The average Bonchev–Trinajstić information content (AvgIpc) is 2.71. The molecule has 0 aliphatic carbocycles. The van der Waals surface area contributed by atoms with Gasteiger partial charge < -0.3 is 5.32 Å². The lowest BCUT2D eigenvalue weighted by Crippen LogP contribution is -2.21. The lowest BCUT2D eigenvalue weighted by Gasteiger charge is -2.21. The predicted octanol–water partition coefficient (Wildman–Crippen LogP) is 5.99. The highest BCUT2D eigenvalue weighted by Gasteiger charge is 2.34. The zero-order valence-electron chi connectivity index (χ0n) is 16.6. The highest BCUT2D eigenvalue weighted by molar-refractivity contribution is 5.70. The molecule has 0 amide bonds. The third kappa shape index (κ3) is 4.67. The molecule has 3 rings (SSSR count). The summed E-state index contributed by atoms with van der Waals surface area (Å²) in [4.78, 5) is 0. The fraction of sp³-hybridized carbons (Fsp3) is 0.417. The average molecular weight is 387 g/mol. The predicted molar refractivity (Wildman–Crippen MR) is 110 cm³/mol. The fourth-order valence-electron chi connectivity index (χ4n) is 4.07. The Morgan fingerprint density at radius 3 is 2.39 bits per heavy atom. The molecule has 2 aromatic carbocycles. The quantitative estimate of drug-likeness (QED) is 0.642. The van der Waals surface area contributed by atoms with Crippen LogP contribution in [0.4, 0.5) is 13.2 Å². The van der Waals surface area contributed by atoms with E-state index in [2.05, 4.69) is 37.4 Å². The van der Waals surface area contributed by atoms with Gasteiger partial charge in [-0.05, 0) is 78.1 Å². The van der Waals surface area contributed by atoms with E-state index in [1.807, 2.05) is 12.1 Å². The van der Waals surface area contributed by atoms with Gasteiger partial charge in [-0.2, -0.15) is 13.2 Å². The Morgan fingerprint density at radius 2 is 1.75 bits per heavy atom. The molecule has 0 unspecified atom stereocenters. The highest BCUT2D eigenvalue weighted by Crippen LogP contribution is 2.37. The third-order valence-corrected chi connectivity index (χ3v) is 5.59. The Bertz CT molecular complexity index is 849. The van der Waals surface area contributed by atoms with Crippen LogP contribution in [0.15, 0.2) is 42.5 Å². The van der Waals surface area contributed by atoms with Crippen molar-refractivity contribution in [2.75, 3.05) is 13.1 Å². The summed E-state index contributed by atoms with van der Waals surface area (Å²) in [5.74, 6) is 0. The second kappa shape index (κ2) is 8.95. The van der Waals surface area contributed by atoms with Gasteiger partial charge in [0, 0.05) is 6.54 Å². The molecular formula is C24H28F3N. The summed E-state index contributed by atoms with van der Waals surface area (Å²) in [6.07, 6.45) is 1.38. The van der Waals surface area contributed by atoms with Crippen LogP contribution < -0.4 is 5.32 Å². The summed E-state index contributed by atoms with van der Waals surface area (Å²) < 4.78 is 41.1. The molecule has 0 aromatic heterocycles. The van der Waals surface area contributed by atoms with E-state index in [-0.39, 0.29) is 0 Å². The van der Waals surface area contributed by atoms with Crippen molar-refractivity contribution in [1.29, 1.82) is 0 Å². The van der Waals surface area contributed by atoms with E-state index < -0.39 is 11.7 Å². The van der Waals surface area contributed by atoms with Crippen molar-refractivity contribution in [3.63, 3.8) is 0 Å². The molecule has 1 heterocycles. The van der Waals surface area contributed by atoms with Gasteiger partial charge in [-0.15, -0.1) is 0 Å². The van der Waals surface area contributed by atoms with Gasteiger partial charge in [0.05, 0.1) is 5.56 Å². The first kappa shape index (κ1) is 20.7. The molecule has 1 nitrogen and oxygen atoms in total. The number of aryl methyl sites for hydroxylation is 3. The SMILES string of the molecule is CCc1ccc(CCc2c(C3=CCNCC3)cccc2C(F)(F)F)cc1CC. The van der Waals surface area contributed by atoms with Crippen molar-refractivity contribution in [1.82, 2.24) is 5.32 Å². The van der Waals surface area contributed by atoms with E-state index in [1.54, 1.807) is 0 Å². The molecule has 0 radical (unpaired) electrons. The first-order valence-electron chi connectivity index (χ1n) is 10.1. The molecule has 0 saturated heterocycles. The Hall–Kier alpha value is -2.07. The van der Waals surface area contributed by atoms with Gasteiger partial charge in [0.15, 0.2) is 0 Å². The van der Waals surface area contributed by atoms with E-state index in [0.29, 0.717) is 24.9 Å². The van der Waals surface area contributed by atoms with Crippen molar-refractivity contribution in [3.8, 4) is 0 Å². The van der Waals surface area contributed by atoms with Crippen LogP contribution in [0.25, 0.3) is 5.57 Å². The zero-order chi connectivity index (χ0) is 20.1. The van der Waals surface area contributed by atoms with Crippen LogP contribution >= 0.6 is 0 Å². The second-order valence-corrected chi connectivity index (χ2v) is 7.32. The molecule has 0 saturated carbocycles. The van der Waals surface area contributed by atoms with Crippen LogP contribution in [-0.2, 0) is 31.9 Å². The number of alkyl halides is 3. The van der Waals surface area contributed by atoms with E-state index in [1.165, 1.54) is 23.3 Å². The monoisotopic (exact) mass is 387 g/mol. The Kier molecular flexibility index (Phi) is 6.61. The number of rotatable bonds is 6. The number of benzene rings is 2. The van der Waals surface area contributed by atoms with Gasteiger partial charge in [0.25, 0.3) is 0 Å². The van der Waals surface area contributed by atoms with Crippen LogP contribution in [0.1, 0.15) is 53.6 Å². The summed E-state index contributed by atoms with van der Waals surface area (Å²) in [5.41, 5.74) is 5.45. The summed E-state index contributed by atoms with van der Waals surface area (Å²) >= 11 is 0. The zero-order valence-corrected chi connectivity index (χ0v) is 16.6. The fourth-order valence-corrected chi connectivity index (χ4v) is 4.07. The molecule has 150 valence electrons. The van der Waals surface area contributed by atoms with Crippen molar-refractivity contribution >= 4 is 5.57 Å². The minimum atomic E-state index is -4.33. The summed E-state index contributed by atoms with van der Waals surface area (Å²) in [6.45, 7) is 5.77. The van der Waals surface area contributed by atoms with Crippen molar-refractivity contribution < 1.29 is 13.2 Å². The van der Waals surface area contributed by atoms with Gasteiger partial charge in [0.2, 0.25) is 0 Å². The maximum Gasteiger partial charge on any atom is 0.416 e. The smallest absolute Gasteiger partial charge is 0.313 e. The molecule has 0 spiro atoms. The first-order chi connectivity index (χ1) is 13.4. The number of halogens is 3. The van der Waals surface area contributed by atoms with E-state index in [0.717, 1.165) is 42.5 Å². The number of hydrogen-bond donors (Lipinski definition) is 1. The minimum Gasteiger partial charge on any atom is -0.313 e. The van der Waals surface area contributed by atoms with E-state index in [4.69, 9.17) is 0 Å². The first-order valence-corrected chi connectivity index (χ1v) is 10.1. The molecule has 28 heavy (non-hydrogen) atoms. The maximum absolute atomic E-state index is 13.7. The molecule has 1 aliphatic rings. The number of nitrogens with one attached hydrogen (secondary N) is 1. The Morgan fingerprint density at radius 1 is 0.964 bits per heavy atom. The number of hydrogen-bond acceptors (Lipinski definition) is 1. The normalized spacial score (nSPS) is 14.8. The lowest BCUT2D eigenvalue weighted by atomic mass is 9.88. The molecule has 2 aromatic rings. The Balaban J connectivity index is 1.94. The molecular weight excluding hydrogens is 359 g/mol. The molecule has 4 heteroatoms. The summed E-state index contributed by atoms with van der Waals surface area (Å²) in [6, 6.07) is 11.0. The van der Waals surface area contributed by atoms with Gasteiger partial charge >= 0.3 is 6.18 Å². The van der Waals surface area contributed by atoms with Crippen LogP contribution in [0.3, 0.4) is 0 Å². The van der Waals surface area contributed by atoms with Crippen LogP contribution in [0, 0.1) is 0 Å². The van der Waals surface area contributed by atoms with Gasteiger partial charge in [-0.3, -0.25) is 0 Å². The summed E-state index contributed by atoms with van der Waals surface area (Å²) in [7, 11) is 0. The minimum absolute atomic E-state index is 0.393. The van der Waals surface area contributed by atoms with Crippen molar-refractivity contribution in [2.24, 2.45) is 0 Å². The summed E-state index contributed by atoms with van der Waals surface area (Å²) in [5, 5.41) is 3.23. The maximum atomic E-state index is 13.7. The van der Waals surface area contributed by atoms with E-state index in [9.17, 15) is 13.2 Å². The van der Waals surface area contributed by atoms with Crippen LogP contribution in [0.5, 0.6) is 0 Å². The molecule has 1 N–H and O–H groups in total.